The number of hydrogen-bond donors (Lipinski definition) is 1. The first kappa shape index (κ1) is 8.79. The predicted octanol–water partition coefficient (Wildman–Crippen LogP) is 2.51. The van der Waals surface area contributed by atoms with E-state index in [-0.39, 0.29) is 0 Å². The zero-order valence-corrected chi connectivity index (χ0v) is 7.34. The average molecular weight is 154 g/mol. The van der Waals surface area contributed by atoms with Gasteiger partial charge in [-0.15, -0.1) is 0 Å². The van der Waals surface area contributed by atoms with E-state index in [9.17, 15) is 0 Å². The van der Waals surface area contributed by atoms with Crippen LogP contribution in [0.5, 0.6) is 0 Å². The molecule has 1 fully saturated rings. The minimum Gasteiger partial charge on any atom is -0.396 e. The molecule has 0 bridgehead atoms. The van der Waals surface area contributed by atoms with Crippen LogP contribution in [0.3, 0.4) is 0 Å². The van der Waals surface area contributed by atoms with E-state index in [1.54, 1.807) is 0 Å². The molecule has 0 radical (unpaired) electrons. The summed E-state index contributed by atoms with van der Waals surface area (Å²) in [5.41, 5.74) is 0.310. The number of allylic oxidation sites excluding steroid dienone is 2. The van der Waals surface area contributed by atoms with Gasteiger partial charge < -0.3 is 5.11 Å². The summed E-state index contributed by atoms with van der Waals surface area (Å²) in [5.74, 6) is 0. The number of hydrogen-bond acceptors (Lipinski definition) is 1. The maximum absolute atomic E-state index is 8.98. The van der Waals surface area contributed by atoms with E-state index in [0.29, 0.717) is 12.0 Å². The summed E-state index contributed by atoms with van der Waals surface area (Å²) in [5, 5.41) is 8.98. The quantitative estimate of drug-likeness (QED) is 0.603. The molecular formula is C10H18O. The van der Waals surface area contributed by atoms with Gasteiger partial charge >= 0.3 is 0 Å². The van der Waals surface area contributed by atoms with Gasteiger partial charge in [-0.1, -0.05) is 25.5 Å². The summed E-state index contributed by atoms with van der Waals surface area (Å²) in [4.78, 5) is 0. The van der Waals surface area contributed by atoms with Crippen LogP contribution in [0, 0.1) is 5.41 Å². The van der Waals surface area contributed by atoms with Crippen LogP contribution in [0.4, 0.5) is 0 Å². The summed E-state index contributed by atoms with van der Waals surface area (Å²) < 4.78 is 0. The van der Waals surface area contributed by atoms with Crippen molar-refractivity contribution in [3.63, 3.8) is 0 Å². The fourth-order valence-electron chi connectivity index (χ4n) is 1.22. The second kappa shape index (κ2) is 3.91. The Morgan fingerprint density at radius 2 is 2.09 bits per heavy atom. The van der Waals surface area contributed by atoms with Crippen molar-refractivity contribution in [3.05, 3.63) is 12.2 Å². The molecule has 0 aliphatic heterocycles. The molecule has 1 nitrogen and oxygen atoms in total. The van der Waals surface area contributed by atoms with Crippen molar-refractivity contribution in [2.45, 2.75) is 39.0 Å². The van der Waals surface area contributed by atoms with E-state index in [1.807, 2.05) is 0 Å². The van der Waals surface area contributed by atoms with Gasteiger partial charge in [0.05, 0.1) is 0 Å². The first-order valence-corrected chi connectivity index (χ1v) is 4.59. The van der Waals surface area contributed by atoms with Gasteiger partial charge in [0, 0.05) is 6.61 Å². The summed E-state index contributed by atoms with van der Waals surface area (Å²) in [6, 6.07) is 0. The lowest BCUT2D eigenvalue weighted by Crippen LogP contribution is -2.03. The maximum Gasteiger partial charge on any atom is 0.0490 e. The topological polar surface area (TPSA) is 20.2 Å². The fourth-order valence-corrected chi connectivity index (χ4v) is 1.22. The van der Waals surface area contributed by atoms with Crippen LogP contribution in [0.25, 0.3) is 0 Å². The van der Waals surface area contributed by atoms with Crippen molar-refractivity contribution in [2.75, 3.05) is 6.61 Å². The molecule has 0 heterocycles. The van der Waals surface area contributed by atoms with Crippen LogP contribution in [0.2, 0.25) is 0 Å². The smallest absolute Gasteiger partial charge is 0.0490 e. The van der Waals surface area contributed by atoms with Gasteiger partial charge in [-0.05, 0) is 31.1 Å². The van der Waals surface area contributed by atoms with Gasteiger partial charge in [0.2, 0.25) is 0 Å². The van der Waals surface area contributed by atoms with Gasteiger partial charge in [0.25, 0.3) is 0 Å². The predicted molar refractivity (Wildman–Crippen MR) is 47.4 cm³/mol. The Hall–Kier alpha value is -0.300. The molecule has 0 aromatic carbocycles. The first-order chi connectivity index (χ1) is 5.33. The fraction of sp³-hybridized carbons (Fsp3) is 0.800. The van der Waals surface area contributed by atoms with Crippen molar-refractivity contribution in [1.82, 2.24) is 0 Å². The monoisotopic (exact) mass is 154 g/mol. The van der Waals surface area contributed by atoms with Gasteiger partial charge in [0.15, 0.2) is 0 Å². The average Bonchev–Trinajstić information content (AvgIpc) is 2.80. The van der Waals surface area contributed by atoms with Crippen molar-refractivity contribution in [3.8, 4) is 0 Å². The van der Waals surface area contributed by atoms with Crippen LogP contribution >= 0.6 is 0 Å². The largest absolute Gasteiger partial charge is 0.396 e. The van der Waals surface area contributed by atoms with E-state index >= 15 is 0 Å². The van der Waals surface area contributed by atoms with Gasteiger partial charge in [0.1, 0.15) is 0 Å². The summed E-state index contributed by atoms with van der Waals surface area (Å²) in [6.45, 7) is 2.56. The Labute approximate surface area is 69.1 Å². The van der Waals surface area contributed by atoms with Gasteiger partial charge in [-0.25, -0.2) is 0 Å². The van der Waals surface area contributed by atoms with E-state index in [2.05, 4.69) is 19.1 Å². The second-order valence-corrected chi connectivity index (χ2v) is 3.62. The molecule has 0 aromatic rings. The van der Waals surface area contributed by atoms with Crippen LogP contribution in [-0.4, -0.2) is 11.7 Å². The molecule has 64 valence electrons. The number of rotatable bonds is 5. The van der Waals surface area contributed by atoms with E-state index < -0.39 is 0 Å². The van der Waals surface area contributed by atoms with Gasteiger partial charge in [-0.2, -0.15) is 0 Å². The summed E-state index contributed by atoms with van der Waals surface area (Å²) in [7, 11) is 0. The SMILES string of the molecule is CCC/C=C/CC1(CO)CC1. The Morgan fingerprint density at radius 3 is 2.55 bits per heavy atom. The highest BCUT2D eigenvalue weighted by Gasteiger charge is 2.40. The van der Waals surface area contributed by atoms with Crippen LogP contribution in [0.1, 0.15) is 39.0 Å². The molecule has 1 saturated carbocycles. The number of aliphatic hydroxyl groups excluding tert-OH is 1. The zero-order valence-electron chi connectivity index (χ0n) is 7.34. The molecule has 1 heteroatoms. The Morgan fingerprint density at radius 1 is 1.36 bits per heavy atom. The Balaban J connectivity index is 2.11. The highest BCUT2D eigenvalue weighted by atomic mass is 16.3. The number of aliphatic hydroxyl groups is 1. The van der Waals surface area contributed by atoms with Crippen molar-refractivity contribution in [2.24, 2.45) is 5.41 Å². The first-order valence-electron chi connectivity index (χ1n) is 4.59. The van der Waals surface area contributed by atoms with E-state index in [0.717, 1.165) is 6.42 Å². The molecule has 1 aliphatic carbocycles. The van der Waals surface area contributed by atoms with Crippen molar-refractivity contribution >= 4 is 0 Å². The minimum absolute atomic E-state index is 0.310. The lowest BCUT2D eigenvalue weighted by atomic mass is 10.0. The van der Waals surface area contributed by atoms with Crippen molar-refractivity contribution < 1.29 is 5.11 Å². The summed E-state index contributed by atoms with van der Waals surface area (Å²) in [6.07, 6.45) is 10.4. The molecule has 1 aliphatic rings. The lowest BCUT2D eigenvalue weighted by Gasteiger charge is -2.05. The van der Waals surface area contributed by atoms with E-state index in [1.165, 1.54) is 25.7 Å². The molecule has 1 N–H and O–H groups in total. The molecule has 0 spiro atoms. The molecule has 0 unspecified atom stereocenters. The third-order valence-electron chi connectivity index (χ3n) is 2.47. The minimum atomic E-state index is 0.310. The molecule has 0 amide bonds. The normalized spacial score (nSPS) is 20.9. The molecule has 0 aromatic heterocycles. The molecule has 11 heavy (non-hydrogen) atoms. The standard InChI is InChI=1S/C10H18O/c1-2-3-4-5-6-10(9-11)7-8-10/h4-5,11H,2-3,6-9H2,1H3/b5-4+. The van der Waals surface area contributed by atoms with Crippen LogP contribution in [-0.2, 0) is 0 Å². The highest BCUT2D eigenvalue weighted by molar-refractivity contribution is 4.99. The van der Waals surface area contributed by atoms with E-state index in [4.69, 9.17) is 5.11 Å². The third-order valence-corrected chi connectivity index (χ3v) is 2.47. The number of unbranched alkanes of at least 4 members (excludes halogenated alkanes) is 1. The molecular weight excluding hydrogens is 136 g/mol. The highest BCUT2D eigenvalue weighted by Crippen LogP contribution is 2.48. The molecule has 0 atom stereocenters. The van der Waals surface area contributed by atoms with Crippen LogP contribution < -0.4 is 0 Å². The Bertz CT molecular complexity index is 134. The summed E-state index contributed by atoms with van der Waals surface area (Å²) >= 11 is 0. The Kier molecular flexibility index (Phi) is 3.13. The third kappa shape index (κ3) is 2.66. The second-order valence-electron chi connectivity index (χ2n) is 3.62. The van der Waals surface area contributed by atoms with Gasteiger partial charge in [-0.3, -0.25) is 0 Å². The maximum atomic E-state index is 8.98. The van der Waals surface area contributed by atoms with Crippen molar-refractivity contribution in [1.29, 1.82) is 0 Å². The zero-order chi connectivity index (χ0) is 8.16. The molecule has 0 saturated heterocycles. The molecule has 1 rings (SSSR count). The van der Waals surface area contributed by atoms with Crippen LogP contribution in [0.15, 0.2) is 12.2 Å². The lowest BCUT2D eigenvalue weighted by molar-refractivity contribution is 0.213.